The predicted octanol–water partition coefficient (Wildman–Crippen LogP) is 5.90. The van der Waals surface area contributed by atoms with Crippen molar-refractivity contribution in [3.8, 4) is 0 Å². The van der Waals surface area contributed by atoms with Crippen LogP contribution in [-0.2, 0) is 11.2 Å². The van der Waals surface area contributed by atoms with E-state index in [1.807, 2.05) is 48.5 Å². The third kappa shape index (κ3) is 3.48. The first-order valence-corrected chi connectivity index (χ1v) is 10.6. The highest BCUT2D eigenvalue weighted by atomic mass is 16.2. The fraction of sp³-hybridized carbons (Fsp3) is 0.154. The van der Waals surface area contributed by atoms with Crippen molar-refractivity contribution >= 4 is 50.2 Å². The second kappa shape index (κ2) is 7.76. The van der Waals surface area contributed by atoms with E-state index in [1.54, 1.807) is 10.8 Å². The maximum absolute atomic E-state index is 12.6. The number of anilines is 1. The molecule has 2 heterocycles. The van der Waals surface area contributed by atoms with Gasteiger partial charge in [0.1, 0.15) is 0 Å². The Hall–Kier alpha value is -3.86. The van der Waals surface area contributed by atoms with Crippen LogP contribution in [0, 0.1) is 0 Å². The van der Waals surface area contributed by atoms with Crippen molar-refractivity contribution < 1.29 is 9.59 Å². The summed E-state index contributed by atoms with van der Waals surface area (Å²) in [6.07, 6.45) is 3.01. The summed E-state index contributed by atoms with van der Waals surface area (Å²) in [5, 5.41) is 6.27. The maximum Gasteiger partial charge on any atom is 0.231 e. The predicted molar refractivity (Wildman–Crippen MR) is 126 cm³/mol. The number of hydrogen-bond donors (Lipinski definition) is 2. The van der Waals surface area contributed by atoms with Crippen LogP contribution in [0.3, 0.4) is 0 Å². The molecule has 0 bridgehead atoms. The number of benzene rings is 3. The lowest BCUT2D eigenvalue weighted by Crippen LogP contribution is -2.16. The number of carbonyl (C=O) groups excluding carboxylic acids is 2. The van der Waals surface area contributed by atoms with Crippen molar-refractivity contribution in [3.63, 3.8) is 0 Å². The molecule has 0 radical (unpaired) electrons. The number of amides is 1. The summed E-state index contributed by atoms with van der Waals surface area (Å²) >= 11 is 0. The summed E-state index contributed by atoms with van der Waals surface area (Å²) in [5.41, 5.74) is 5.00. The van der Waals surface area contributed by atoms with Crippen LogP contribution in [0.25, 0.3) is 32.7 Å². The molecule has 3 aromatic carbocycles. The van der Waals surface area contributed by atoms with Crippen LogP contribution in [0.5, 0.6) is 0 Å². The van der Waals surface area contributed by atoms with Gasteiger partial charge in [-0.1, -0.05) is 49.4 Å². The van der Waals surface area contributed by atoms with E-state index in [0.717, 1.165) is 39.4 Å². The average Bonchev–Trinajstić information content (AvgIpc) is 3.38. The summed E-state index contributed by atoms with van der Waals surface area (Å²) < 4.78 is 1.62. The van der Waals surface area contributed by atoms with Crippen LogP contribution in [0.15, 0.2) is 72.9 Å². The van der Waals surface area contributed by atoms with Crippen molar-refractivity contribution in [1.82, 2.24) is 9.55 Å². The number of aromatic amines is 1. The Kier molecular flexibility index (Phi) is 4.79. The highest BCUT2D eigenvalue weighted by Gasteiger charge is 2.13. The molecule has 0 fully saturated rings. The molecule has 0 saturated carbocycles. The van der Waals surface area contributed by atoms with E-state index in [-0.39, 0.29) is 24.7 Å². The van der Waals surface area contributed by atoms with Gasteiger partial charge >= 0.3 is 0 Å². The van der Waals surface area contributed by atoms with Gasteiger partial charge in [-0.15, -0.1) is 0 Å². The van der Waals surface area contributed by atoms with Crippen molar-refractivity contribution in [2.75, 3.05) is 5.32 Å². The monoisotopic (exact) mass is 409 g/mol. The van der Waals surface area contributed by atoms with Gasteiger partial charge < -0.3 is 10.3 Å². The third-order valence-electron chi connectivity index (χ3n) is 5.82. The largest absolute Gasteiger partial charge is 0.354 e. The van der Waals surface area contributed by atoms with Crippen molar-refractivity contribution in [1.29, 1.82) is 0 Å². The molecule has 0 aliphatic carbocycles. The molecule has 0 spiro atoms. The number of rotatable bonds is 5. The Balaban J connectivity index is 1.30. The van der Waals surface area contributed by atoms with E-state index in [1.165, 1.54) is 10.9 Å². The quantitative estimate of drug-likeness (QED) is 0.380. The van der Waals surface area contributed by atoms with Gasteiger partial charge in [0.15, 0.2) is 0 Å². The molecule has 31 heavy (non-hydrogen) atoms. The van der Waals surface area contributed by atoms with Gasteiger partial charge in [-0.2, -0.15) is 0 Å². The standard InChI is InChI=1S/C26H23N3O2/c1-2-17-7-5-8-21-20-11-10-19(16-22(20)28-26(17)21)27-24(30)12-13-25(31)29-15-14-18-6-3-4-9-23(18)29/h3-11,14-16,28H,2,12-13H2,1H3,(H,27,30). The number of fused-ring (bicyclic) bond motifs is 4. The molecule has 0 unspecified atom stereocenters. The zero-order valence-corrected chi connectivity index (χ0v) is 17.3. The number of aromatic nitrogens is 2. The molecule has 5 nitrogen and oxygen atoms in total. The van der Waals surface area contributed by atoms with Crippen molar-refractivity contribution in [3.05, 3.63) is 78.5 Å². The Bertz CT molecular complexity index is 1440. The molecule has 2 N–H and O–H groups in total. The fourth-order valence-corrected chi connectivity index (χ4v) is 4.23. The molecule has 5 heteroatoms. The Morgan fingerprint density at radius 1 is 0.935 bits per heavy atom. The molecule has 0 atom stereocenters. The summed E-state index contributed by atoms with van der Waals surface area (Å²) in [6.45, 7) is 2.14. The van der Waals surface area contributed by atoms with Crippen LogP contribution < -0.4 is 5.32 Å². The molecule has 1 amide bonds. The number of hydrogen-bond acceptors (Lipinski definition) is 2. The molecule has 154 valence electrons. The lowest BCUT2D eigenvalue weighted by atomic mass is 10.1. The fourth-order valence-electron chi connectivity index (χ4n) is 4.23. The summed E-state index contributed by atoms with van der Waals surface area (Å²) in [5.74, 6) is -0.260. The van der Waals surface area contributed by atoms with Crippen LogP contribution in [0.4, 0.5) is 5.69 Å². The van der Waals surface area contributed by atoms with Crippen LogP contribution in [0.1, 0.15) is 30.1 Å². The Morgan fingerprint density at radius 2 is 1.81 bits per heavy atom. The van der Waals surface area contributed by atoms with Crippen LogP contribution in [-0.4, -0.2) is 21.4 Å². The van der Waals surface area contributed by atoms with E-state index in [0.29, 0.717) is 0 Å². The highest BCUT2D eigenvalue weighted by Crippen LogP contribution is 2.29. The van der Waals surface area contributed by atoms with Gasteiger partial charge in [-0.25, -0.2) is 0 Å². The van der Waals surface area contributed by atoms with Gasteiger partial charge in [0, 0.05) is 51.9 Å². The minimum atomic E-state index is -0.172. The summed E-state index contributed by atoms with van der Waals surface area (Å²) in [4.78, 5) is 28.6. The SMILES string of the molecule is CCc1cccc2c1[nH]c1cc(NC(=O)CCC(=O)n3ccc4ccccc43)ccc12. The van der Waals surface area contributed by atoms with Crippen LogP contribution >= 0.6 is 0 Å². The number of carbonyl (C=O) groups is 2. The molecule has 0 aliphatic rings. The summed E-state index contributed by atoms with van der Waals surface area (Å²) in [6, 6.07) is 21.8. The zero-order valence-electron chi connectivity index (χ0n) is 17.3. The van der Waals surface area contributed by atoms with E-state index >= 15 is 0 Å². The first-order valence-electron chi connectivity index (χ1n) is 10.6. The highest BCUT2D eigenvalue weighted by molar-refractivity contribution is 6.09. The minimum absolute atomic E-state index is 0.0884. The first kappa shape index (κ1) is 19.1. The zero-order chi connectivity index (χ0) is 21.4. The molecule has 0 saturated heterocycles. The van der Waals surface area contributed by atoms with E-state index in [9.17, 15) is 9.59 Å². The third-order valence-corrected chi connectivity index (χ3v) is 5.82. The molecule has 5 rings (SSSR count). The lowest BCUT2D eigenvalue weighted by Gasteiger charge is -2.06. The Labute approximate surface area is 179 Å². The topological polar surface area (TPSA) is 66.9 Å². The summed E-state index contributed by atoms with van der Waals surface area (Å²) in [7, 11) is 0. The van der Waals surface area contributed by atoms with Gasteiger partial charge in [0.2, 0.25) is 11.8 Å². The van der Waals surface area contributed by atoms with Gasteiger partial charge in [-0.05, 0) is 36.2 Å². The number of para-hydroxylation sites is 2. The molecule has 5 aromatic rings. The van der Waals surface area contributed by atoms with Crippen LogP contribution in [0.2, 0.25) is 0 Å². The minimum Gasteiger partial charge on any atom is -0.354 e. The normalized spacial score (nSPS) is 11.4. The first-order chi connectivity index (χ1) is 15.1. The average molecular weight is 409 g/mol. The second-order valence-electron chi connectivity index (χ2n) is 7.77. The number of aryl methyl sites for hydroxylation is 1. The Morgan fingerprint density at radius 3 is 2.68 bits per heavy atom. The molecular weight excluding hydrogens is 386 g/mol. The molecular formula is C26H23N3O2. The maximum atomic E-state index is 12.6. The van der Waals surface area contributed by atoms with E-state index in [2.05, 4.69) is 35.4 Å². The van der Waals surface area contributed by atoms with Gasteiger partial charge in [0.05, 0.1) is 5.52 Å². The second-order valence-corrected chi connectivity index (χ2v) is 7.77. The molecule has 2 aromatic heterocycles. The number of nitrogens with one attached hydrogen (secondary N) is 2. The van der Waals surface area contributed by atoms with E-state index in [4.69, 9.17) is 0 Å². The molecule has 0 aliphatic heterocycles. The van der Waals surface area contributed by atoms with E-state index < -0.39 is 0 Å². The lowest BCUT2D eigenvalue weighted by molar-refractivity contribution is -0.116. The number of H-pyrrole nitrogens is 1. The van der Waals surface area contributed by atoms with Crippen molar-refractivity contribution in [2.24, 2.45) is 0 Å². The number of nitrogens with zero attached hydrogens (tertiary/aromatic N) is 1. The van der Waals surface area contributed by atoms with Crippen molar-refractivity contribution in [2.45, 2.75) is 26.2 Å². The van der Waals surface area contributed by atoms with Gasteiger partial charge in [-0.3, -0.25) is 14.2 Å². The smallest absolute Gasteiger partial charge is 0.231 e. The van der Waals surface area contributed by atoms with Gasteiger partial charge in [0.25, 0.3) is 0 Å².